The zero-order chi connectivity index (χ0) is 23.8. The third-order valence-electron chi connectivity index (χ3n) is 5.31. The molecule has 0 saturated carbocycles. The number of thioether (sulfide) groups is 1. The number of aromatic hydroxyl groups is 1. The van der Waals surface area contributed by atoms with Gasteiger partial charge in [0.05, 0.1) is 5.69 Å². The number of aryl methyl sites for hydroxylation is 3. The first-order valence-electron chi connectivity index (χ1n) is 11.2. The van der Waals surface area contributed by atoms with Crippen LogP contribution in [0.2, 0.25) is 0 Å². The van der Waals surface area contributed by atoms with Gasteiger partial charge in [-0.05, 0) is 73.9 Å². The number of phenolic OH excluding ortho intramolecular Hbond substituents is 1. The minimum absolute atomic E-state index is 0.350. The van der Waals surface area contributed by atoms with Crippen molar-refractivity contribution in [3.63, 3.8) is 0 Å². The molecule has 0 aromatic heterocycles. The topological polar surface area (TPSA) is 35.8 Å². The molecule has 0 radical (unpaired) electrons. The summed E-state index contributed by atoms with van der Waals surface area (Å²) in [7, 11) is 2.03. The summed E-state index contributed by atoms with van der Waals surface area (Å²) in [6.45, 7) is 10.3. The van der Waals surface area contributed by atoms with Crippen LogP contribution in [0.5, 0.6) is 5.75 Å². The molecule has 0 saturated heterocycles. The number of benzene rings is 3. The van der Waals surface area contributed by atoms with E-state index in [2.05, 4.69) is 74.7 Å². The van der Waals surface area contributed by atoms with E-state index in [-0.39, 0.29) is 0 Å². The van der Waals surface area contributed by atoms with Gasteiger partial charge in [-0.15, -0.1) is 0 Å². The molecule has 0 aliphatic carbocycles. The van der Waals surface area contributed by atoms with E-state index < -0.39 is 0 Å². The lowest BCUT2D eigenvalue weighted by Crippen LogP contribution is -2.23. The smallest absolute Gasteiger partial charge is 0.173 e. The number of anilines is 1. The number of allylic oxidation sites excluding steroid dienone is 1. The van der Waals surface area contributed by atoms with Crippen LogP contribution in [0, 0.1) is 13.8 Å². The minimum Gasteiger partial charge on any atom is -0.508 e. The minimum atomic E-state index is 0.350. The molecule has 0 atom stereocenters. The molecular weight excluding hydrogens is 424 g/mol. The van der Waals surface area contributed by atoms with Gasteiger partial charge in [-0.25, -0.2) is 4.99 Å². The molecule has 0 aliphatic rings. The van der Waals surface area contributed by atoms with E-state index in [4.69, 9.17) is 4.99 Å². The highest BCUT2D eigenvalue weighted by molar-refractivity contribution is 8.17. The zero-order valence-corrected chi connectivity index (χ0v) is 20.7. The molecule has 4 heteroatoms. The van der Waals surface area contributed by atoms with Gasteiger partial charge in [0.1, 0.15) is 5.75 Å². The van der Waals surface area contributed by atoms with Crippen LogP contribution in [0.15, 0.2) is 89.3 Å². The normalized spacial score (nSPS) is 12.0. The van der Waals surface area contributed by atoms with Crippen LogP contribution in [0.3, 0.4) is 0 Å². The fourth-order valence-electron chi connectivity index (χ4n) is 3.34. The van der Waals surface area contributed by atoms with Gasteiger partial charge in [0.2, 0.25) is 0 Å². The fraction of sp³-hybridized carbons (Fsp3) is 0.207. The Balaban J connectivity index is 1.97. The third-order valence-corrected chi connectivity index (χ3v) is 6.38. The molecule has 3 rings (SSSR count). The molecule has 33 heavy (non-hydrogen) atoms. The molecule has 3 aromatic rings. The molecule has 3 aromatic carbocycles. The third kappa shape index (κ3) is 6.87. The SMILES string of the molecule is C=C/C(=C/c1ccc(O)c(CCC)c1)SC(=Nc1ccc(C)cc1)N(C)c1ccc(C)cc1. The van der Waals surface area contributed by atoms with Crippen LogP contribution in [0.4, 0.5) is 11.4 Å². The fourth-order valence-corrected chi connectivity index (χ4v) is 4.22. The van der Waals surface area contributed by atoms with Crippen LogP contribution >= 0.6 is 11.8 Å². The second-order valence-corrected chi connectivity index (χ2v) is 9.16. The molecule has 0 spiro atoms. The van der Waals surface area contributed by atoms with Gasteiger partial charge in [-0.3, -0.25) is 0 Å². The summed E-state index contributed by atoms with van der Waals surface area (Å²) in [6, 6.07) is 22.4. The van der Waals surface area contributed by atoms with Crippen molar-refractivity contribution in [2.24, 2.45) is 4.99 Å². The van der Waals surface area contributed by atoms with E-state index in [1.807, 2.05) is 37.4 Å². The quantitative estimate of drug-likeness (QED) is 0.222. The average Bonchev–Trinajstić information content (AvgIpc) is 2.81. The van der Waals surface area contributed by atoms with Gasteiger partial charge in [0.25, 0.3) is 0 Å². The maximum absolute atomic E-state index is 10.1. The van der Waals surface area contributed by atoms with Gasteiger partial charge in [-0.1, -0.05) is 79.2 Å². The van der Waals surface area contributed by atoms with E-state index in [9.17, 15) is 5.11 Å². The molecule has 1 N–H and O–H groups in total. The van der Waals surface area contributed by atoms with Crippen molar-refractivity contribution in [3.8, 4) is 5.75 Å². The highest BCUT2D eigenvalue weighted by Gasteiger charge is 2.13. The zero-order valence-electron chi connectivity index (χ0n) is 19.9. The second-order valence-electron chi connectivity index (χ2n) is 8.12. The molecule has 0 unspecified atom stereocenters. The molecule has 0 bridgehead atoms. The van der Waals surface area contributed by atoms with E-state index >= 15 is 0 Å². The molecule has 0 aliphatic heterocycles. The summed E-state index contributed by atoms with van der Waals surface area (Å²) < 4.78 is 0. The summed E-state index contributed by atoms with van der Waals surface area (Å²) in [5, 5.41) is 11.0. The average molecular weight is 457 g/mol. The van der Waals surface area contributed by atoms with E-state index in [1.165, 1.54) is 11.1 Å². The molecular formula is C29H32N2OS. The van der Waals surface area contributed by atoms with Crippen LogP contribution in [-0.2, 0) is 6.42 Å². The lowest BCUT2D eigenvalue weighted by molar-refractivity contribution is 0.467. The Bertz CT molecular complexity index is 1150. The monoisotopic (exact) mass is 456 g/mol. The predicted octanol–water partition coefficient (Wildman–Crippen LogP) is 8.05. The van der Waals surface area contributed by atoms with Gasteiger partial charge in [-0.2, -0.15) is 0 Å². The molecule has 0 fully saturated rings. The predicted molar refractivity (Wildman–Crippen MR) is 146 cm³/mol. The van der Waals surface area contributed by atoms with Gasteiger partial charge < -0.3 is 10.0 Å². The van der Waals surface area contributed by atoms with Crippen LogP contribution in [0.1, 0.15) is 35.6 Å². The summed E-state index contributed by atoms with van der Waals surface area (Å²) in [6.07, 6.45) is 5.77. The number of hydrogen-bond acceptors (Lipinski definition) is 3. The maximum atomic E-state index is 10.1. The highest BCUT2D eigenvalue weighted by Crippen LogP contribution is 2.30. The van der Waals surface area contributed by atoms with E-state index in [1.54, 1.807) is 17.8 Å². The maximum Gasteiger partial charge on any atom is 0.173 e. The van der Waals surface area contributed by atoms with E-state index in [0.717, 1.165) is 45.4 Å². The largest absolute Gasteiger partial charge is 0.508 e. The number of nitrogens with zero attached hydrogens (tertiary/aromatic N) is 2. The van der Waals surface area contributed by atoms with Crippen molar-refractivity contribution in [1.29, 1.82) is 0 Å². The van der Waals surface area contributed by atoms with Crippen molar-refractivity contribution in [1.82, 2.24) is 0 Å². The first kappa shape index (κ1) is 24.4. The molecule has 3 nitrogen and oxygen atoms in total. The second kappa shape index (κ2) is 11.6. The lowest BCUT2D eigenvalue weighted by atomic mass is 10.1. The summed E-state index contributed by atoms with van der Waals surface area (Å²) in [5.74, 6) is 0.350. The molecule has 170 valence electrons. The highest BCUT2D eigenvalue weighted by atomic mass is 32.2. The Morgan fingerprint density at radius 2 is 1.64 bits per heavy atom. The van der Waals surface area contributed by atoms with Crippen molar-refractivity contribution >= 4 is 34.4 Å². The summed E-state index contributed by atoms with van der Waals surface area (Å²) in [5.41, 5.74) is 6.39. The Hall–Kier alpha value is -3.24. The number of phenols is 1. The van der Waals surface area contributed by atoms with Crippen molar-refractivity contribution in [2.75, 3.05) is 11.9 Å². The summed E-state index contributed by atoms with van der Waals surface area (Å²) in [4.78, 5) is 8.04. The Morgan fingerprint density at radius 3 is 2.24 bits per heavy atom. The van der Waals surface area contributed by atoms with Crippen LogP contribution < -0.4 is 4.90 Å². The van der Waals surface area contributed by atoms with Gasteiger partial charge in [0, 0.05) is 17.6 Å². The van der Waals surface area contributed by atoms with Crippen molar-refractivity contribution < 1.29 is 5.11 Å². The van der Waals surface area contributed by atoms with Gasteiger partial charge >= 0.3 is 0 Å². The first-order valence-corrected chi connectivity index (χ1v) is 12.0. The van der Waals surface area contributed by atoms with Crippen molar-refractivity contribution in [2.45, 2.75) is 33.6 Å². The number of rotatable bonds is 7. The van der Waals surface area contributed by atoms with E-state index in [0.29, 0.717) is 5.75 Å². The number of aliphatic imine (C=N–C) groups is 1. The lowest BCUT2D eigenvalue weighted by Gasteiger charge is -2.21. The van der Waals surface area contributed by atoms with Crippen LogP contribution in [0.25, 0.3) is 6.08 Å². The molecule has 0 heterocycles. The molecule has 0 amide bonds. The van der Waals surface area contributed by atoms with Crippen LogP contribution in [-0.4, -0.2) is 17.3 Å². The number of hydrogen-bond donors (Lipinski definition) is 1. The van der Waals surface area contributed by atoms with Crippen molar-refractivity contribution in [3.05, 3.63) is 107 Å². The Labute approximate surface area is 202 Å². The first-order chi connectivity index (χ1) is 15.9. The number of amidine groups is 1. The standard InChI is InChI=1S/C29H32N2OS/c1-6-8-24-19-23(13-18-28(24)32)20-27(7-2)33-29(30-25-14-9-21(3)10-15-25)31(5)26-16-11-22(4)12-17-26/h7,9-20,32H,2,6,8H2,1,3-5H3/b27-20-,30-29?. The Morgan fingerprint density at radius 1 is 1.00 bits per heavy atom. The van der Waals surface area contributed by atoms with Gasteiger partial charge in [0.15, 0.2) is 5.17 Å². The Kier molecular flexibility index (Phi) is 8.56. The summed E-state index contributed by atoms with van der Waals surface area (Å²) >= 11 is 1.57.